The summed E-state index contributed by atoms with van der Waals surface area (Å²) >= 11 is 3.64. The van der Waals surface area contributed by atoms with Crippen LogP contribution in [0.25, 0.3) is 10.7 Å². The zero-order chi connectivity index (χ0) is 15.6. The second kappa shape index (κ2) is 6.51. The van der Waals surface area contributed by atoms with E-state index in [1.165, 1.54) is 21.0 Å². The molecule has 3 aromatic heterocycles. The Morgan fingerprint density at radius 3 is 2.91 bits per heavy atom. The second-order valence-electron chi connectivity index (χ2n) is 5.83. The van der Waals surface area contributed by atoms with Gasteiger partial charge in [-0.3, -0.25) is 4.90 Å². The highest BCUT2D eigenvalue weighted by Crippen LogP contribution is 2.26. The monoisotopic (exact) mass is 341 g/mol. The van der Waals surface area contributed by atoms with Crippen molar-refractivity contribution in [1.82, 2.24) is 14.9 Å². The molecule has 0 amide bonds. The summed E-state index contributed by atoms with van der Waals surface area (Å²) in [5, 5.41) is 2.07. The molecule has 3 nitrogen and oxygen atoms in total. The van der Waals surface area contributed by atoms with E-state index in [2.05, 4.69) is 46.5 Å². The van der Waals surface area contributed by atoms with Gasteiger partial charge in [0.05, 0.1) is 10.6 Å². The minimum absolute atomic E-state index is 0.873. The number of aromatic nitrogens is 2. The average Bonchev–Trinajstić information content (AvgIpc) is 3.26. The zero-order valence-corrected chi connectivity index (χ0v) is 14.8. The highest BCUT2D eigenvalue weighted by atomic mass is 32.1. The summed E-state index contributed by atoms with van der Waals surface area (Å²) in [6, 6.07) is 8.67. The first kappa shape index (κ1) is 15.0. The number of nitrogens with zero attached hydrogens (tertiary/aromatic N) is 3. The predicted octanol–water partition coefficient (Wildman–Crippen LogP) is 4.39. The molecule has 0 fully saturated rings. The summed E-state index contributed by atoms with van der Waals surface area (Å²) in [5.41, 5.74) is 2.50. The fourth-order valence-corrected chi connectivity index (χ4v) is 4.62. The normalized spacial score (nSPS) is 14.8. The van der Waals surface area contributed by atoms with Crippen molar-refractivity contribution in [3.8, 4) is 10.7 Å². The lowest BCUT2D eigenvalue weighted by Crippen LogP contribution is -2.30. The molecule has 0 spiro atoms. The van der Waals surface area contributed by atoms with Crippen LogP contribution in [-0.2, 0) is 25.9 Å². The van der Waals surface area contributed by atoms with Crippen LogP contribution in [0, 0.1) is 0 Å². The van der Waals surface area contributed by atoms with Crippen LogP contribution in [0.3, 0.4) is 0 Å². The van der Waals surface area contributed by atoms with E-state index < -0.39 is 0 Å². The van der Waals surface area contributed by atoms with Crippen molar-refractivity contribution < 1.29 is 0 Å². The maximum atomic E-state index is 4.79. The highest BCUT2D eigenvalue weighted by Gasteiger charge is 2.19. The summed E-state index contributed by atoms with van der Waals surface area (Å²) in [4.78, 5) is 15.9. The third-order valence-corrected chi connectivity index (χ3v) is 6.28. The molecule has 0 aliphatic carbocycles. The molecule has 3 aromatic rings. The van der Waals surface area contributed by atoms with Gasteiger partial charge in [0.25, 0.3) is 0 Å². The lowest BCUT2D eigenvalue weighted by molar-refractivity contribution is 0.245. The molecule has 1 aliphatic heterocycles. The predicted molar refractivity (Wildman–Crippen MR) is 96.9 cm³/mol. The lowest BCUT2D eigenvalue weighted by atomic mass is 10.1. The lowest BCUT2D eigenvalue weighted by Gasteiger charge is -2.27. The maximum absolute atomic E-state index is 4.79. The summed E-state index contributed by atoms with van der Waals surface area (Å²) in [6.45, 7) is 5.29. The first-order chi connectivity index (χ1) is 11.3. The molecule has 118 valence electrons. The Labute approximate surface area is 144 Å². The van der Waals surface area contributed by atoms with Crippen LogP contribution in [0.1, 0.15) is 27.9 Å². The molecule has 4 heterocycles. The van der Waals surface area contributed by atoms with Gasteiger partial charge in [0.2, 0.25) is 0 Å². The van der Waals surface area contributed by atoms with Crippen molar-refractivity contribution in [2.24, 2.45) is 0 Å². The molecule has 0 saturated heterocycles. The van der Waals surface area contributed by atoms with E-state index in [4.69, 9.17) is 4.98 Å². The first-order valence-electron chi connectivity index (χ1n) is 8.00. The summed E-state index contributed by atoms with van der Waals surface area (Å²) in [6.07, 6.45) is 4.17. The number of aryl methyl sites for hydroxylation is 1. The van der Waals surface area contributed by atoms with Gasteiger partial charge in [-0.05, 0) is 30.0 Å². The smallest absolute Gasteiger partial charge is 0.169 e. The van der Waals surface area contributed by atoms with Gasteiger partial charge in [0.15, 0.2) is 5.82 Å². The number of fused-ring (bicyclic) bond motifs is 1. The third-order valence-electron chi connectivity index (χ3n) is 4.20. The maximum Gasteiger partial charge on any atom is 0.169 e. The molecule has 4 rings (SSSR count). The van der Waals surface area contributed by atoms with Crippen LogP contribution < -0.4 is 0 Å². The van der Waals surface area contributed by atoms with E-state index in [0.717, 1.165) is 43.2 Å². The van der Waals surface area contributed by atoms with Crippen LogP contribution >= 0.6 is 22.7 Å². The van der Waals surface area contributed by atoms with Crippen molar-refractivity contribution in [2.75, 3.05) is 6.54 Å². The van der Waals surface area contributed by atoms with E-state index in [9.17, 15) is 0 Å². The highest BCUT2D eigenvalue weighted by molar-refractivity contribution is 7.13. The van der Waals surface area contributed by atoms with Crippen LogP contribution in [-0.4, -0.2) is 21.4 Å². The minimum atomic E-state index is 0.873. The van der Waals surface area contributed by atoms with Crippen molar-refractivity contribution in [2.45, 2.75) is 32.9 Å². The van der Waals surface area contributed by atoms with Crippen molar-refractivity contribution >= 4 is 22.7 Å². The Kier molecular flexibility index (Phi) is 4.25. The summed E-state index contributed by atoms with van der Waals surface area (Å²) in [5.74, 6) is 0.873. The standard InChI is InChI=1S/C18H19N3S2/c1-2-14-5-6-15(23-14)12-21-8-7-16-13(11-21)10-19-18(20-16)17-4-3-9-22-17/h3-6,9-10H,2,7-8,11-12H2,1H3. The number of hydrogen-bond acceptors (Lipinski definition) is 5. The summed E-state index contributed by atoms with van der Waals surface area (Å²) in [7, 11) is 0. The molecule has 0 atom stereocenters. The van der Waals surface area contributed by atoms with Gasteiger partial charge in [-0.25, -0.2) is 9.97 Å². The largest absolute Gasteiger partial charge is 0.293 e. The van der Waals surface area contributed by atoms with Gasteiger partial charge in [0.1, 0.15) is 0 Å². The van der Waals surface area contributed by atoms with Crippen LogP contribution in [0.2, 0.25) is 0 Å². The molecular weight excluding hydrogens is 322 g/mol. The molecule has 0 saturated carbocycles. The molecule has 23 heavy (non-hydrogen) atoms. The number of thiophene rings is 2. The molecule has 0 N–H and O–H groups in total. The van der Waals surface area contributed by atoms with Gasteiger partial charge < -0.3 is 0 Å². The van der Waals surface area contributed by atoms with E-state index in [1.807, 2.05) is 17.5 Å². The van der Waals surface area contributed by atoms with Gasteiger partial charge in [0, 0.05) is 47.6 Å². The summed E-state index contributed by atoms with van der Waals surface area (Å²) < 4.78 is 0. The molecular formula is C18H19N3S2. The molecule has 1 aliphatic rings. The van der Waals surface area contributed by atoms with Crippen LogP contribution in [0.15, 0.2) is 35.8 Å². The number of rotatable bonds is 4. The van der Waals surface area contributed by atoms with E-state index in [1.54, 1.807) is 11.3 Å². The first-order valence-corrected chi connectivity index (χ1v) is 9.70. The third kappa shape index (κ3) is 3.22. The minimum Gasteiger partial charge on any atom is -0.293 e. The topological polar surface area (TPSA) is 29.0 Å². The average molecular weight is 342 g/mol. The Morgan fingerprint density at radius 1 is 1.22 bits per heavy atom. The molecule has 0 bridgehead atoms. The Balaban J connectivity index is 1.49. The number of hydrogen-bond donors (Lipinski definition) is 0. The van der Waals surface area contributed by atoms with E-state index in [0.29, 0.717) is 0 Å². The fraction of sp³-hybridized carbons (Fsp3) is 0.333. The second-order valence-corrected chi connectivity index (χ2v) is 8.03. The molecule has 0 radical (unpaired) electrons. The van der Waals surface area contributed by atoms with Crippen molar-refractivity contribution in [1.29, 1.82) is 0 Å². The van der Waals surface area contributed by atoms with E-state index >= 15 is 0 Å². The van der Waals surface area contributed by atoms with Crippen LogP contribution in [0.5, 0.6) is 0 Å². The Hall–Kier alpha value is -1.56. The van der Waals surface area contributed by atoms with Crippen molar-refractivity contribution in [3.63, 3.8) is 0 Å². The van der Waals surface area contributed by atoms with Gasteiger partial charge in [-0.2, -0.15) is 0 Å². The van der Waals surface area contributed by atoms with Gasteiger partial charge >= 0.3 is 0 Å². The molecule has 5 heteroatoms. The molecule has 0 unspecified atom stereocenters. The van der Waals surface area contributed by atoms with Gasteiger partial charge in [-0.15, -0.1) is 22.7 Å². The SMILES string of the molecule is CCc1ccc(CN2CCc3nc(-c4cccs4)ncc3C2)s1. The van der Waals surface area contributed by atoms with Gasteiger partial charge in [-0.1, -0.05) is 13.0 Å². The fourth-order valence-electron chi connectivity index (χ4n) is 2.95. The zero-order valence-electron chi connectivity index (χ0n) is 13.2. The molecule has 0 aromatic carbocycles. The quantitative estimate of drug-likeness (QED) is 0.705. The van der Waals surface area contributed by atoms with Crippen LogP contribution in [0.4, 0.5) is 0 Å². The Bertz CT molecular complexity index is 792. The van der Waals surface area contributed by atoms with E-state index in [-0.39, 0.29) is 0 Å². The Morgan fingerprint density at radius 2 is 2.13 bits per heavy atom. The van der Waals surface area contributed by atoms with Crippen molar-refractivity contribution in [3.05, 3.63) is 56.9 Å².